The second kappa shape index (κ2) is 6.48. The number of nitrogens with two attached hydrogens (primary N) is 1. The molecule has 3 N–H and O–H groups in total. The van der Waals surface area contributed by atoms with Crippen LogP contribution in [0.1, 0.15) is 24.6 Å². The first kappa shape index (κ1) is 15.5. The highest BCUT2D eigenvalue weighted by Gasteiger charge is 2.31. The third-order valence-electron chi connectivity index (χ3n) is 4.29. The zero-order valence-corrected chi connectivity index (χ0v) is 13.5. The fourth-order valence-corrected chi connectivity index (χ4v) is 3.01. The number of aromatic nitrogens is 4. The average Bonchev–Trinajstić information content (AvgIpc) is 3.27. The molecule has 2 atom stereocenters. The number of anilines is 1. The van der Waals surface area contributed by atoms with Crippen molar-refractivity contribution >= 4 is 22.9 Å². The van der Waals surface area contributed by atoms with Crippen LogP contribution in [0.15, 0.2) is 43.0 Å². The fraction of sp³-hybridized carbons (Fsp3) is 0.294. The second-order valence-corrected chi connectivity index (χ2v) is 5.94. The molecule has 3 heterocycles. The molecule has 8 heteroatoms. The molecule has 2 unspecified atom stereocenters. The lowest BCUT2D eigenvalue weighted by molar-refractivity contribution is -0.130. The van der Waals surface area contributed by atoms with Crippen LogP contribution >= 0.6 is 0 Å². The number of hydrogen-bond acceptors (Lipinski definition) is 6. The van der Waals surface area contributed by atoms with Crippen molar-refractivity contribution in [1.29, 1.82) is 0 Å². The SMILES string of the molecule is NC(=O)C1CCC(n2cnc3c(NCc4ccccc4)ncnc32)O1. The van der Waals surface area contributed by atoms with Crippen LogP contribution in [0.25, 0.3) is 11.2 Å². The predicted octanol–water partition coefficient (Wildman–Crippen LogP) is 1.60. The van der Waals surface area contributed by atoms with E-state index in [2.05, 4.69) is 20.3 Å². The van der Waals surface area contributed by atoms with Gasteiger partial charge in [-0.1, -0.05) is 30.3 Å². The van der Waals surface area contributed by atoms with Gasteiger partial charge in [0.2, 0.25) is 5.91 Å². The van der Waals surface area contributed by atoms with Crippen molar-refractivity contribution in [2.75, 3.05) is 5.32 Å². The van der Waals surface area contributed by atoms with Crippen LogP contribution in [0.5, 0.6) is 0 Å². The Labute approximate surface area is 144 Å². The number of carbonyl (C=O) groups excluding carboxylic acids is 1. The molecule has 0 spiro atoms. The van der Waals surface area contributed by atoms with Crippen molar-refractivity contribution < 1.29 is 9.53 Å². The number of hydrogen-bond donors (Lipinski definition) is 2. The Morgan fingerprint density at radius 1 is 1.24 bits per heavy atom. The summed E-state index contributed by atoms with van der Waals surface area (Å²) in [5, 5.41) is 3.29. The molecule has 25 heavy (non-hydrogen) atoms. The van der Waals surface area contributed by atoms with Crippen LogP contribution in [-0.2, 0) is 16.1 Å². The topological polar surface area (TPSA) is 108 Å². The molecule has 4 rings (SSSR count). The predicted molar refractivity (Wildman–Crippen MR) is 91.4 cm³/mol. The van der Waals surface area contributed by atoms with Crippen LogP contribution < -0.4 is 11.1 Å². The van der Waals surface area contributed by atoms with Crippen LogP contribution in [0, 0.1) is 0 Å². The number of nitrogens with one attached hydrogen (secondary N) is 1. The number of amides is 1. The number of ether oxygens (including phenoxy) is 1. The van der Waals surface area contributed by atoms with E-state index in [1.165, 1.54) is 6.33 Å². The molecule has 0 bridgehead atoms. The summed E-state index contributed by atoms with van der Waals surface area (Å²) < 4.78 is 7.54. The molecule has 1 aliphatic rings. The van der Waals surface area contributed by atoms with Crippen LogP contribution in [0.2, 0.25) is 0 Å². The van der Waals surface area contributed by atoms with E-state index in [0.29, 0.717) is 36.4 Å². The lowest BCUT2D eigenvalue weighted by Crippen LogP contribution is -2.28. The molecule has 0 saturated carbocycles. The van der Waals surface area contributed by atoms with Gasteiger partial charge in [-0.2, -0.15) is 0 Å². The van der Waals surface area contributed by atoms with Crippen molar-refractivity contribution in [1.82, 2.24) is 19.5 Å². The summed E-state index contributed by atoms with van der Waals surface area (Å²) >= 11 is 0. The van der Waals surface area contributed by atoms with E-state index >= 15 is 0 Å². The van der Waals surface area contributed by atoms with E-state index < -0.39 is 12.0 Å². The molecule has 1 saturated heterocycles. The molecule has 8 nitrogen and oxygen atoms in total. The van der Waals surface area contributed by atoms with Crippen LogP contribution in [-0.4, -0.2) is 31.5 Å². The van der Waals surface area contributed by atoms with Gasteiger partial charge in [-0.25, -0.2) is 15.0 Å². The summed E-state index contributed by atoms with van der Waals surface area (Å²) in [5.74, 6) is 0.226. The minimum atomic E-state index is -0.556. The maximum Gasteiger partial charge on any atom is 0.246 e. The van der Waals surface area contributed by atoms with Crippen molar-refractivity contribution in [3.8, 4) is 0 Å². The van der Waals surface area contributed by atoms with E-state index in [1.807, 2.05) is 34.9 Å². The average molecular weight is 338 g/mol. The zero-order valence-electron chi connectivity index (χ0n) is 13.5. The van der Waals surface area contributed by atoms with Gasteiger partial charge in [0.05, 0.1) is 6.33 Å². The minimum Gasteiger partial charge on any atom is -0.367 e. The van der Waals surface area contributed by atoms with Crippen molar-refractivity contribution in [2.45, 2.75) is 31.7 Å². The fourth-order valence-electron chi connectivity index (χ4n) is 3.01. The summed E-state index contributed by atoms with van der Waals surface area (Å²) in [6.45, 7) is 0.642. The van der Waals surface area contributed by atoms with Crippen molar-refractivity contribution in [2.24, 2.45) is 5.73 Å². The Balaban J connectivity index is 1.57. The summed E-state index contributed by atoms with van der Waals surface area (Å²) in [5.41, 5.74) is 7.81. The number of carbonyl (C=O) groups is 1. The third kappa shape index (κ3) is 3.03. The first-order valence-corrected chi connectivity index (χ1v) is 8.12. The van der Waals surface area contributed by atoms with Gasteiger partial charge < -0.3 is 15.8 Å². The lowest BCUT2D eigenvalue weighted by atomic mass is 10.2. The highest BCUT2D eigenvalue weighted by atomic mass is 16.5. The molecule has 1 aromatic carbocycles. The summed E-state index contributed by atoms with van der Waals surface area (Å²) in [6.07, 6.45) is 3.61. The maximum absolute atomic E-state index is 11.3. The Kier molecular flexibility index (Phi) is 4.02. The molecule has 1 fully saturated rings. The molecule has 2 aromatic heterocycles. The highest BCUT2D eigenvalue weighted by molar-refractivity contribution is 5.83. The number of benzene rings is 1. The minimum absolute atomic E-state index is 0.292. The van der Waals surface area contributed by atoms with Gasteiger partial charge in [0.1, 0.15) is 18.7 Å². The number of nitrogens with zero attached hydrogens (tertiary/aromatic N) is 4. The normalized spacial score (nSPS) is 20.0. The van der Waals surface area contributed by atoms with E-state index in [0.717, 1.165) is 5.56 Å². The van der Waals surface area contributed by atoms with Gasteiger partial charge in [-0.15, -0.1) is 0 Å². The van der Waals surface area contributed by atoms with E-state index in [4.69, 9.17) is 10.5 Å². The van der Waals surface area contributed by atoms with Gasteiger partial charge in [0.25, 0.3) is 0 Å². The van der Waals surface area contributed by atoms with Crippen molar-refractivity contribution in [3.05, 3.63) is 48.5 Å². The lowest BCUT2D eigenvalue weighted by Gasteiger charge is -2.13. The third-order valence-corrected chi connectivity index (χ3v) is 4.29. The second-order valence-electron chi connectivity index (χ2n) is 5.94. The first-order chi connectivity index (χ1) is 12.2. The molecule has 1 amide bonds. The van der Waals surface area contributed by atoms with E-state index in [-0.39, 0.29) is 6.23 Å². The number of primary amides is 1. The smallest absolute Gasteiger partial charge is 0.246 e. The summed E-state index contributed by atoms with van der Waals surface area (Å²) in [4.78, 5) is 24.3. The van der Waals surface area contributed by atoms with Crippen LogP contribution in [0.3, 0.4) is 0 Å². The highest BCUT2D eigenvalue weighted by Crippen LogP contribution is 2.31. The molecule has 128 valence electrons. The number of fused-ring (bicyclic) bond motifs is 1. The molecular weight excluding hydrogens is 320 g/mol. The van der Waals surface area contributed by atoms with Gasteiger partial charge >= 0.3 is 0 Å². The monoisotopic (exact) mass is 338 g/mol. The molecule has 0 radical (unpaired) electrons. The molecule has 3 aromatic rings. The van der Waals surface area contributed by atoms with Gasteiger partial charge in [-0.3, -0.25) is 9.36 Å². The standard InChI is InChI=1S/C17H18N6O2/c18-15(24)12-6-7-13(25-12)23-10-22-14-16(20-9-21-17(14)23)19-8-11-4-2-1-3-5-11/h1-5,9-10,12-13H,6-8H2,(H2,18,24)(H,19,20,21). The molecule has 0 aliphatic carbocycles. The number of rotatable bonds is 5. The zero-order chi connectivity index (χ0) is 17.2. The van der Waals surface area contributed by atoms with E-state index in [1.54, 1.807) is 6.33 Å². The Hall–Kier alpha value is -3.00. The quantitative estimate of drug-likeness (QED) is 0.731. The summed E-state index contributed by atoms with van der Waals surface area (Å²) in [7, 11) is 0. The molecular formula is C17H18N6O2. The maximum atomic E-state index is 11.3. The Bertz CT molecular complexity index is 895. The largest absolute Gasteiger partial charge is 0.367 e. The van der Waals surface area contributed by atoms with Crippen LogP contribution in [0.4, 0.5) is 5.82 Å². The van der Waals surface area contributed by atoms with Gasteiger partial charge in [0, 0.05) is 6.54 Å². The first-order valence-electron chi connectivity index (χ1n) is 8.12. The van der Waals surface area contributed by atoms with Gasteiger partial charge in [0.15, 0.2) is 17.0 Å². The van der Waals surface area contributed by atoms with Gasteiger partial charge in [-0.05, 0) is 18.4 Å². The number of imidazole rings is 1. The van der Waals surface area contributed by atoms with Crippen molar-refractivity contribution in [3.63, 3.8) is 0 Å². The summed E-state index contributed by atoms with van der Waals surface area (Å²) in [6, 6.07) is 10.1. The van der Waals surface area contributed by atoms with E-state index in [9.17, 15) is 4.79 Å². The Morgan fingerprint density at radius 2 is 2.08 bits per heavy atom. The molecule has 1 aliphatic heterocycles. The Morgan fingerprint density at radius 3 is 2.84 bits per heavy atom.